The van der Waals surface area contributed by atoms with Gasteiger partial charge in [-0.1, -0.05) is 6.92 Å². The van der Waals surface area contributed by atoms with Crippen LogP contribution in [0.4, 0.5) is 10.8 Å². The van der Waals surface area contributed by atoms with Crippen LogP contribution < -0.4 is 11.1 Å². The van der Waals surface area contributed by atoms with Crippen molar-refractivity contribution in [2.45, 2.75) is 20.3 Å². The number of rotatable bonds is 3. The lowest BCUT2D eigenvalue weighted by atomic mass is 10.1. The second kappa shape index (κ2) is 5.21. The van der Waals surface area contributed by atoms with Gasteiger partial charge in [0.25, 0.3) is 5.91 Å². The quantitative estimate of drug-likeness (QED) is 0.649. The zero-order valence-electron chi connectivity index (χ0n) is 11.9. The summed E-state index contributed by atoms with van der Waals surface area (Å²) in [5, 5.41) is 4.35. The summed E-state index contributed by atoms with van der Waals surface area (Å²) in [6.45, 7) is 4.07. The van der Waals surface area contributed by atoms with Crippen LogP contribution in [0.25, 0.3) is 10.9 Å². The van der Waals surface area contributed by atoms with E-state index in [9.17, 15) is 4.79 Å². The largest absolute Gasteiger partial charge is 0.399 e. The number of nitrogens with zero attached hydrogens (tertiary/aromatic N) is 1. The number of aryl methyl sites for hydroxylation is 2. The lowest BCUT2D eigenvalue weighted by molar-refractivity contribution is 0.102. The number of thiazole rings is 1. The normalized spacial score (nSPS) is 11.0. The number of nitrogens with two attached hydrogens (primary N) is 1. The van der Waals surface area contributed by atoms with Crippen LogP contribution in [0, 0.1) is 6.92 Å². The molecule has 3 rings (SSSR count). The minimum atomic E-state index is -0.164. The smallest absolute Gasteiger partial charge is 0.259 e. The lowest BCUT2D eigenvalue weighted by Crippen LogP contribution is -2.11. The van der Waals surface area contributed by atoms with Gasteiger partial charge in [0.1, 0.15) is 0 Å². The molecule has 0 aliphatic carbocycles. The standard InChI is InChI=1S/C15H16N4OS/c1-3-12-8(2)21-15(18-12)19-14(20)11-7-17-13-6-9(16)4-5-10(11)13/h4-7,17H,3,16H2,1-2H3,(H,18,19,20). The maximum absolute atomic E-state index is 12.4. The topological polar surface area (TPSA) is 83.8 Å². The fraction of sp³-hybridized carbons (Fsp3) is 0.200. The third kappa shape index (κ3) is 2.50. The number of hydrogen-bond donors (Lipinski definition) is 3. The first-order chi connectivity index (χ1) is 10.1. The first-order valence-electron chi connectivity index (χ1n) is 6.72. The number of H-pyrrole nitrogens is 1. The van der Waals surface area contributed by atoms with Gasteiger partial charge >= 0.3 is 0 Å². The first-order valence-corrected chi connectivity index (χ1v) is 7.54. The fourth-order valence-electron chi connectivity index (χ4n) is 2.31. The van der Waals surface area contributed by atoms with Crippen molar-refractivity contribution in [1.82, 2.24) is 9.97 Å². The Kier molecular flexibility index (Phi) is 3.39. The highest BCUT2D eigenvalue weighted by molar-refractivity contribution is 7.15. The first kappa shape index (κ1) is 13.6. The van der Waals surface area contributed by atoms with Crippen LogP contribution in [0.1, 0.15) is 27.9 Å². The monoisotopic (exact) mass is 300 g/mol. The van der Waals surface area contributed by atoms with Crippen LogP contribution in [0.15, 0.2) is 24.4 Å². The molecule has 6 heteroatoms. The molecule has 4 N–H and O–H groups in total. The maximum atomic E-state index is 12.4. The summed E-state index contributed by atoms with van der Waals surface area (Å²) in [7, 11) is 0. The van der Waals surface area contributed by atoms with Gasteiger partial charge in [-0.3, -0.25) is 10.1 Å². The second-order valence-corrected chi connectivity index (χ2v) is 6.04. The zero-order valence-corrected chi connectivity index (χ0v) is 12.7. The number of fused-ring (bicyclic) bond motifs is 1. The zero-order chi connectivity index (χ0) is 15.0. The average molecular weight is 300 g/mol. The Morgan fingerprint density at radius 2 is 2.29 bits per heavy atom. The van der Waals surface area contributed by atoms with E-state index in [4.69, 9.17) is 5.73 Å². The number of nitrogens with one attached hydrogen (secondary N) is 2. The van der Waals surface area contributed by atoms with Crippen LogP contribution in [0.5, 0.6) is 0 Å². The highest BCUT2D eigenvalue weighted by atomic mass is 32.1. The van der Waals surface area contributed by atoms with Crippen molar-refractivity contribution >= 4 is 39.0 Å². The Balaban J connectivity index is 1.89. The molecule has 0 aliphatic heterocycles. The number of aromatic amines is 1. The van der Waals surface area contributed by atoms with Crippen molar-refractivity contribution < 1.29 is 4.79 Å². The Labute approximate surface area is 126 Å². The molecule has 2 heterocycles. The molecule has 0 fully saturated rings. The number of nitrogen functional groups attached to an aromatic ring is 1. The molecule has 5 nitrogen and oxygen atoms in total. The van der Waals surface area contributed by atoms with E-state index >= 15 is 0 Å². The molecule has 2 aromatic heterocycles. The van der Waals surface area contributed by atoms with Gasteiger partial charge in [-0.05, 0) is 31.5 Å². The summed E-state index contributed by atoms with van der Waals surface area (Å²) in [6.07, 6.45) is 2.56. The van der Waals surface area contributed by atoms with E-state index in [1.807, 2.05) is 19.1 Å². The number of benzene rings is 1. The molecular weight excluding hydrogens is 284 g/mol. The Bertz CT molecular complexity index is 818. The summed E-state index contributed by atoms with van der Waals surface area (Å²) < 4.78 is 0. The average Bonchev–Trinajstić information content (AvgIpc) is 3.01. The molecule has 0 spiro atoms. The predicted octanol–water partition coefficient (Wildman–Crippen LogP) is 3.33. The molecule has 0 unspecified atom stereocenters. The summed E-state index contributed by atoms with van der Waals surface area (Å²) >= 11 is 1.50. The lowest BCUT2D eigenvalue weighted by Gasteiger charge is -2.00. The SMILES string of the molecule is CCc1nc(NC(=O)c2c[nH]c3cc(N)ccc23)sc1C. The van der Waals surface area contributed by atoms with Gasteiger partial charge in [0, 0.05) is 27.7 Å². The van der Waals surface area contributed by atoms with Gasteiger partial charge < -0.3 is 10.7 Å². The van der Waals surface area contributed by atoms with E-state index in [-0.39, 0.29) is 5.91 Å². The molecular formula is C15H16N4OS. The van der Waals surface area contributed by atoms with Gasteiger partial charge in [0.2, 0.25) is 0 Å². The second-order valence-electron chi connectivity index (χ2n) is 4.84. The van der Waals surface area contributed by atoms with Gasteiger partial charge in [0.05, 0.1) is 11.3 Å². The molecule has 0 atom stereocenters. The summed E-state index contributed by atoms with van der Waals surface area (Å²) in [6, 6.07) is 5.45. The Hall–Kier alpha value is -2.34. The molecule has 0 bridgehead atoms. The van der Waals surface area contributed by atoms with Crippen LogP contribution in [-0.4, -0.2) is 15.9 Å². The van der Waals surface area contributed by atoms with Crippen molar-refractivity contribution in [1.29, 1.82) is 0 Å². The van der Waals surface area contributed by atoms with Crippen molar-refractivity contribution in [3.63, 3.8) is 0 Å². The van der Waals surface area contributed by atoms with Crippen LogP contribution in [-0.2, 0) is 6.42 Å². The Morgan fingerprint density at radius 3 is 3.00 bits per heavy atom. The molecule has 0 radical (unpaired) electrons. The fourth-order valence-corrected chi connectivity index (χ4v) is 3.20. The maximum Gasteiger partial charge on any atom is 0.259 e. The molecule has 3 aromatic rings. The van der Waals surface area contributed by atoms with E-state index in [1.165, 1.54) is 11.3 Å². The molecule has 0 saturated carbocycles. The highest BCUT2D eigenvalue weighted by Gasteiger charge is 2.14. The number of anilines is 2. The van der Waals surface area contributed by atoms with Crippen molar-refractivity contribution in [3.8, 4) is 0 Å². The summed E-state index contributed by atoms with van der Waals surface area (Å²) in [5.41, 5.74) is 8.88. The van der Waals surface area contributed by atoms with Crippen LogP contribution in [0.3, 0.4) is 0 Å². The van der Waals surface area contributed by atoms with Gasteiger partial charge in [-0.2, -0.15) is 0 Å². The predicted molar refractivity (Wildman–Crippen MR) is 86.9 cm³/mol. The van der Waals surface area contributed by atoms with Gasteiger partial charge in [-0.25, -0.2) is 4.98 Å². The van der Waals surface area contributed by atoms with Gasteiger partial charge in [0.15, 0.2) is 5.13 Å². The third-order valence-electron chi connectivity index (χ3n) is 3.40. The highest BCUT2D eigenvalue weighted by Crippen LogP contribution is 2.25. The summed E-state index contributed by atoms with van der Waals surface area (Å²) in [4.78, 5) is 21.0. The number of hydrogen-bond acceptors (Lipinski definition) is 4. The van der Waals surface area contributed by atoms with Crippen molar-refractivity contribution in [2.24, 2.45) is 0 Å². The number of amides is 1. The Morgan fingerprint density at radius 1 is 1.48 bits per heavy atom. The van der Waals surface area contributed by atoms with Crippen molar-refractivity contribution in [2.75, 3.05) is 11.1 Å². The minimum absolute atomic E-state index is 0.164. The van der Waals surface area contributed by atoms with Crippen LogP contribution in [0.2, 0.25) is 0 Å². The minimum Gasteiger partial charge on any atom is -0.399 e. The van der Waals surface area contributed by atoms with E-state index in [2.05, 4.69) is 22.2 Å². The third-order valence-corrected chi connectivity index (χ3v) is 4.33. The molecule has 0 aliphatic rings. The van der Waals surface area contributed by atoms with Crippen LogP contribution >= 0.6 is 11.3 Å². The van der Waals surface area contributed by atoms with E-state index in [0.717, 1.165) is 27.9 Å². The number of carbonyl (C=O) groups is 1. The molecule has 108 valence electrons. The summed E-state index contributed by atoms with van der Waals surface area (Å²) in [5.74, 6) is -0.164. The molecule has 1 amide bonds. The number of carbonyl (C=O) groups excluding carboxylic acids is 1. The van der Waals surface area contributed by atoms with E-state index in [0.29, 0.717) is 16.4 Å². The van der Waals surface area contributed by atoms with Gasteiger partial charge in [-0.15, -0.1) is 11.3 Å². The number of aromatic nitrogens is 2. The van der Waals surface area contributed by atoms with E-state index < -0.39 is 0 Å². The van der Waals surface area contributed by atoms with E-state index in [1.54, 1.807) is 12.3 Å². The molecule has 0 saturated heterocycles. The molecule has 21 heavy (non-hydrogen) atoms. The molecule has 1 aromatic carbocycles. The van der Waals surface area contributed by atoms with Crippen molar-refractivity contribution in [3.05, 3.63) is 40.5 Å².